The molecule has 1 aliphatic rings. The Morgan fingerprint density at radius 2 is 1.95 bits per heavy atom. The van der Waals surface area contributed by atoms with Crippen LogP contribution in [-0.2, 0) is 14.8 Å². The van der Waals surface area contributed by atoms with Crippen LogP contribution in [0, 0.1) is 11.2 Å². The van der Waals surface area contributed by atoms with Crippen LogP contribution in [0.3, 0.4) is 0 Å². The van der Waals surface area contributed by atoms with E-state index in [-0.39, 0.29) is 10.6 Å². The second-order valence-electron chi connectivity index (χ2n) is 5.51. The molecule has 0 bridgehead atoms. The fourth-order valence-electron chi connectivity index (χ4n) is 2.38. The SMILES string of the molecule is CC1(C(=O)O)CCN(c2ccc(S(N)(=O)=O)cc2F)CC1. The van der Waals surface area contributed by atoms with Gasteiger partial charge in [0.25, 0.3) is 0 Å². The Kier molecular flexibility index (Phi) is 3.94. The third-order valence-corrected chi connectivity index (χ3v) is 4.88. The van der Waals surface area contributed by atoms with Gasteiger partial charge in [-0.3, -0.25) is 4.79 Å². The van der Waals surface area contributed by atoms with E-state index in [0.29, 0.717) is 25.9 Å². The molecular formula is C13H17FN2O4S. The molecule has 0 spiro atoms. The number of primary sulfonamides is 1. The Morgan fingerprint density at radius 3 is 2.38 bits per heavy atom. The molecule has 1 fully saturated rings. The first-order valence-corrected chi connectivity index (χ1v) is 7.99. The topological polar surface area (TPSA) is 101 Å². The van der Waals surface area contributed by atoms with Crippen LogP contribution < -0.4 is 10.0 Å². The summed E-state index contributed by atoms with van der Waals surface area (Å²) in [6.07, 6.45) is 0.803. The number of nitrogens with zero attached hydrogens (tertiary/aromatic N) is 1. The van der Waals surface area contributed by atoms with E-state index in [1.807, 2.05) is 0 Å². The molecule has 2 rings (SSSR count). The Morgan fingerprint density at radius 1 is 1.38 bits per heavy atom. The summed E-state index contributed by atoms with van der Waals surface area (Å²) in [6.45, 7) is 2.47. The molecule has 0 aliphatic carbocycles. The van der Waals surface area contributed by atoms with Gasteiger partial charge >= 0.3 is 5.97 Å². The molecule has 0 radical (unpaired) electrons. The predicted molar refractivity (Wildman–Crippen MR) is 75.0 cm³/mol. The average Bonchev–Trinajstić information content (AvgIpc) is 2.39. The van der Waals surface area contributed by atoms with Crippen molar-refractivity contribution in [1.29, 1.82) is 0 Å². The van der Waals surface area contributed by atoms with Gasteiger partial charge in [-0.05, 0) is 38.0 Å². The number of halogens is 1. The minimum Gasteiger partial charge on any atom is -0.481 e. The van der Waals surface area contributed by atoms with Gasteiger partial charge in [0.1, 0.15) is 5.82 Å². The zero-order valence-corrected chi connectivity index (χ0v) is 12.4. The number of anilines is 1. The van der Waals surface area contributed by atoms with Crippen LogP contribution >= 0.6 is 0 Å². The minimum absolute atomic E-state index is 0.259. The van der Waals surface area contributed by atoms with Gasteiger partial charge in [0.05, 0.1) is 16.0 Å². The highest BCUT2D eigenvalue weighted by Gasteiger charge is 2.37. The van der Waals surface area contributed by atoms with Crippen molar-refractivity contribution in [2.24, 2.45) is 10.6 Å². The van der Waals surface area contributed by atoms with Crippen molar-refractivity contribution < 1.29 is 22.7 Å². The molecule has 116 valence electrons. The number of carbonyl (C=O) groups is 1. The van der Waals surface area contributed by atoms with Gasteiger partial charge in [-0.25, -0.2) is 17.9 Å². The Balaban J connectivity index is 2.20. The number of rotatable bonds is 3. The Bertz CT molecular complexity index is 667. The fourth-order valence-corrected chi connectivity index (χ4v) is 2.90. The first kappa shape index (κ1) is 15.7. The second-order valence-corrected chi connectivity index (χ2v) is 7.07. The quantitative estimate of drug-likeness (QED) is 0.871. The lowest BCUT2D eigenvalue weighted by Crippen LogP contribution is -2.43. The van der Waals surface area contributed by atoms with Gasteiger partial charge in [-0.2, -0.15) is 0 Å². The molecule has 6 nitrogen and oxygen atoms in total. The number of carboxylic acids is 1. The minimum atomic E-state index is -3.94. The fraction of sp³-hybridized carbons (Fsp3) is 0.462. The zero-order valence-electron chi connectivity index (χ0n) is 11.5. The number of aliphatic carboxylic acids is 1. The Hall–Kier alpha value is -1.67. The standard InChI is InChI=1S/C13H17FN2O4S/c1-13(12(17)18)4-6-16(7-5-13)11-3-2-9(8-10(11)14)21(15,19)20/h2-3,8H,4-7H2,1H3,(H,17,18)(H2,15,19,20). The molecule has 0 unspecified atom stereocenters. The number of hydrogen-bond donors (Lipinski definition) is 2. The highest BCUT2D eigenvalue weighted by molar-refractivity contribution is 7.89. The normalized spacial score (nSPS) is 18.5. The maximum absolute atomic E-state index is 14.0. The van der Waals surface area contributed by atoms with Crippen LogP contribution in [0.4, 0.5) is 10.1 Å². The van der Waals surface area contributed by atoms with Crippen molar-refractivity contribution in [1.82, 2.24) is 0 Å². The first-order valence-electron chi connectivity index (χ1n) is 6.44. The lowest BCUT2D eigenvalue weighted by molar-refractivity contribution is -0.149. The van der Waals surface area contributed by atoms with E-state index in [0.717, 1.165) is 6.07 Å². The maximum atomic E-state index is 14.0. The molecule has 0 atom stereocenters. The number of carboxylic acid groups (broad SMARTS) is 1. The summed E-state index contributed by atoms with van der Waals surface area (Å²) in [5.74, 6) is -1.53. The van der Waals surface area contributed by atoms with Crippen LogP contribution in [-0.4, -0.2) is 32.6 Å². The molecular weight excluding hydrogens is 299 g/mol. The molecule has 1 aliphatic heterocycles. The largest absolute Gasteiger partial charge is 0.481 e. The van der Waals surface area contributed by atoms with Gasteiger partial charge in [0, 0.05) is 13.1 Å². The Labute approximate surface area is 122 Å². The van der Waals surface area contributed by atoms with Crippen molar-refractivity contribution in [3.8, 4) is 0 Å². The van der Waals surface area contributed by atoms with E-state index in [1.54, 1.807) is 11.8 Å². The lowest BCUT2D eigenvalue weighted by atomic mass is 9.80. The van der Waals surface area contributed by atoms with Gasteiger partial charge in [0.2, 0.25) is 10.0 Å². The highest BCUT2D eigenvalue weighted by Crippen LogP contribution is 2.34. The van der Waals surface area contributed by atoms with Crippen molar-refractivity contribution in [2.75, 3.05) is 18.0 Å². The second kappa shape index (κ2) is 5.27. The van der Waals surface area contributed by atoms with E-state index in [9.17, 15) is 17.6 Å². The summed E-state index contributed by atoms with van der Waals surface area (Å²) in [6, 6.07) is 3.49. The van der Waals surface area contributed by atoms with E-state index < -0.39 is 27.2 Å². The monoisotopic (exact) mass is 316 g/mol. The van der Waals surface area contributed by atoms with Crippen LogP contribution in [0.5, 0.6) is 0 Å². The van der Waals surface area contributed by atoms with Crippen LogP contribution in [0.15, 0.2) is 23.1 Å². The summed E-state index contributed by atoms with van der Waals surface area (Å²) in [5.41, 5.74) is -0.539. The molecule has 1 aromatic carbocycles. The molecule has 1 aromatic rings. The summed E-state index contributed by atoms with van der Waals surface area (Å²) in [4.78, 5) is 12.6. The number of sulfonamides is 1. The molecule has 21 heavy (non-hydrogen) atoms. The zero-order chi connectivity index (χ0) is 15.8. The summed E-state index contributed by atoms with van der Waals surface area (Å²) >= 11 is 0. The molecule has 8 heteroatoms. The van der Waals surface area contributed by atoms with E-state index in [1.165, 1.54) is 12.1 Å². The number of benzene rings is 1. The van der Waals surface area contributed by atoms with E-state index in [4.69, 9.17) is 10.2 Å². The third kappa shape index (κ3) is 3.16. The van der Waals surface area contributed by atoms with Gasteiger partial charge in [-0.1, -0.05) is 0 Å². The van der Waals surface area contributed by atoms with Crippen molar-refractivity contribution in [3.05, 3.63) is 24.0 Å². The van der Waals surface area contributed by atoms with Gasteiger partial charge in [0.15, 0.2) is 0 Å². The van der Waals surface area contributed by atoms with Gasteiger partial charge in [-0.15, -0.1) is 0 Å². The van der Waals surface area contributed by atoms with Crippen molar-refractivity contribution in [3.63, 3.8) is 0 Å². The van der Waals surface area contributed by atoms with E-state index in [2.05, 4.69) is 0 Å². The number of nitrogens with two attached hydrogens (primary N) is 1. The molecule has 0 amide bonds. The third-order valence-electron chi connectivity index (χ3n) is 3.97. The smallest absolute Gasteiger partial charge is 0.309 e. The van der Waals surface area contributed by atoms with Crippen LogP contribution in [0.1, 0.15) is 19.8 Å². The molecule has 1 saturated heterocycles. The highest BCUT2D eigenvalue weighted by atomic mass is 32.2. The number of piperidine rings is 1. The first-order chi connectivity index (χ1) is 9.63. The van der Waals surface area contributed by atoms with Gasteiger partial charge < -0.3 is 10.0 Å². The van der Waals surface area contributed by atoms with Crippen molar-refractivity contribution in [2.45, 2.75) is 24.7 Å². The summed E-state index contributed by atoms with van der Waals surface area (Å²) < 4.78 is 36.4. The van der Waals surface area contributed by atoms with Crippen molar-refractivity contribution >= 4 is 21.7 Å². The maximum Gasteiger partial charge on any atom is 0.309 e. The van der Waals surface area contributed by atoms with E-state index >= 15 is 0 Å². The summed E-state index contributed by atoms with van der Waals surface area (Å²) in [7, 11) is -3.94. The van der Waals surface area contributed by atoms with Crippen LogP contribution in [0.2, 0.25) is 0 Å². The van der Waals surface area contributed by atoms with Crippen LogP contribution in [0.25, 0.3) is 0 Å². The molecule has 3 N–H and O–H groups in total. The molecule has 1 heterocycles. The molecule has 0 saturated carbocycles. The molecule has 0 aromatic heterocycles. The predicted octanol–water partition coefficient (Wildman–Crippen LogP) is 1.16. The lowest BCUT2D eigenvalue weighted by Gasteiger charge is -2.37. The average molecular weight is 316 g/mol. The summed E-state index contributed by atoms with van der Waals surface area (Å²) in [5, 5.41) is 14.1. The number of hydrogen-bond acceptors (Lipinski definition) is 4.